The van der Waals surface area contributed by atoms with E-state index < -0.39 is 24.0 Å². The summed E-state index contributed by atoms with van der Waals surface area (Å²) in [5, 5.41) is 5.77. The van der Waals surface area contributed by atoms with Gasteiger partial charge in [0.25, 0.3) is 0 Å². The summed E-state index contributed by atoms with van der Waals surface area (Å²) >= 11 is 7.86. The molecule has 140 valence electrons. The Kier molecular flexibility index (Phi) is 6.42. The lowest BCUT2D eigenvalue weighted by molar-refractivity contribution is -0.147. The number of carbonyl (C=O) groups is 2. The zero-order chi connectivity index (χ0) is 19.2. The molecular weight excluding hydrogens is 384 g/mol. The number of halogens is 1. The highest BCUT2D eigenvalue weighted by Crippen LogP contribution is 2.34. The number of hydrogen-bond donors (Lipinski definition) is 2. The predicted molar refractivity (Wildman–Crippen MR) is 107 cm³/mol. The molecule has 5 nitrogen and oxygen atoms in total. The molecule has 2 aromatic rings. The number of carbonyl (C=O) groups excluding carboxylic acids is 2. The van der Waals surface area contributed by atoms with Crippen LogP contribution in [0.25, 0.3) is 0 Å². The van der Waals surface area contributed by atoms with Crippen LogP contribution in [0.15, 0.2) is 71.8 Å². The van der Waals surface area contributed by atoms with Crippen LogP contribution in [0.3, 0.4) is 0 Å². The van der Waals surface area contributed by atoms with Crippen LogP contribution < -0.4 is 10.6 Å². The van der Waals surface area contributed by atoms with Gasteiger partial charge in [0.1, 0.15) is 12.5 Å². The van der Waals surface area contributed by atoms with Crippen molar-refractivity contribution in [1.82, 2.24) is 10.6 Å². The number of urea groups is 1. The minimum Gasteiger partial charge on any atom is -0.464 e. The molecule has 2 atom stereocenters. The summed E-state index contributed by atoms with van der Waals surface area (Å²) in [5.41, 5.74) is 0.945. The van der Waals surface area contributed by atoms with E-state index >= 15 is 0 Å². The van der Waals surface area contributed by atoms with E-state index in [-0.39, 0.29) is 6.61 Å². The van der Waals surface area contributed by atoms with Crippen molar-refractivity contribution in [1.29, 1.82) is 0 Å². The molecule has 1 saturated heterocycles. The topological polar surface area (TPSA) is 67.4 Å². The number of thioether (sulfide) groups is 1. The molecule has 1 aliphatic heterocycles. The van der Waals surface area contributed by atoms with Gasteiger partial charge in [0, 0.05) is 21.4 Å². The van der Waals surface area contributed by atoms with Crippen molar-refractivity contribution < 1.29 is 14.3 Å². The first kappa shape index (κ1) is 19.3. The van der Waals surface area contributed by atoms with Gasteiger partial charge in [0.05, 0.1) is 6.04 Å². The number of benzene rings is 2. The molecule has 0 spiro atoms. The molecule has 2 N–H and O–H groups in total. The van der Waals surface area contributed by atoms with Gasteiger partial charge in [-0.1, -0.05) is 54.6 Å². The van der Waals surface area contributed by atoms with Crippen LogP contribution >= 0.6 is 23.4 Å². The first-order valence-electron chi connectivity index (χ1n) is 8.41. The fraction of sp³-hybridized carbons (Fsp3) is 0.200. The molecule has 0 aromatic heterocycles. The monoisotopic (exact) mass is 402 g/mol. The van der Waals surface area contributed by atoms with E-state index in [0.717, 1.165) is 4.90 Å². The second kappa shape index (κ2) is 8.97. The average Bonchev–Trinajstić information content (AvgIpc) is 2.65. The maximum absolute atomic E-state index is 12.7. The van der Waals surface area contributed by atoms with Gasteiger partial charge < -0.3 is 15.4 Å². The van der Waals surface area contributed by atoms with Crippen molar-refractivity contribution in [2.75, 3.05) is 12.4 Å². The smallest absolute Gasteiger partial charge is 0.319 e. The summed E-state index contributed by atoms with van der Waals surface area (Å²) in [7, 11) is 0. The van der Waals surface area contributed by atoms with Crippen molar-refractivity contribution in [3.63, 3.8) is 0 Å². The lowest BCUT2D eigenvalue weighted by atomic mass is 9.89. The van der Waals surface area contributed by atoms with Crippen molar-refractivity contribution in [2.24, 2.45) is 5.92 Å². The van der Waals surface area contributed by atoms with E-state index in [1.165, 1.54) is 0 Å². The number of hydrogen-bond acceptors (Lipinski definition) is 4. The second-order valence-electron chi connectivity index (χ2n) is 5.93. The predicted octanol–water partition coefficient (Wildman–Crippen LogP) is 4.16. The van der Waals surface area contributed by atoms with Gasteiger partial charge in [-0.25, -0.2) is 4.79 Å². The molecule has 1 fully saturated rings. The Balaban J connectivity index is 1.66. The summed E-state index contributed by atoms with van der Waals surface area (Å²) < 4.78 is 5.45. The van der Waals surface area contributed by atoms with E-state index in [2.05, 4.69) is 17.2 Å². The molecule has 1 heterocycles. The van der Waals surface area contributed by atoms with E-state index in [0.29, 0.717) is 22.0 Å². The van der Waals surface area contributed by atoms with Gasteiger partial charge in [-0.3, -0.25) is 4.79 Å². The first-order chi connectivity index (χ1) is 13.1. The van der Waals surface area contributed by atoms with Gasteiger partial charge in [-0.2, -0.15) is 0 Å². The molecule has 7 heteroatoms. The molecular formula is C20H19ClN2O3S. The van der Waals surface area contributed by atoms with Crippen LogP contribution in [0.1, 0.15) is 11.6 Å². The van der Waals surface area contributed by atoms with Crippen molar-refractivity contribution >= 4 is 35.4 Å². The summed E-state index contributed by atoms with van der Waals surface area (Å²) in [4.78, 5) is 25.7. The zero-order valence-electron chi connectivity index (χ0n) is 14.5. The molecule has 27 heavy (non-hydrogen) atoms. The molecule has 1 aliphatic rings. The fourth-order valence-corrected chi connectivity index (χ4v) is 3.86. The highest BCUT2D eigenvalue weighted by molar-refractivity contribution is 7.99. The van der Waals surface area contributed by atoms with Gasteiger partial charge in [-0.15, -0.1) is 11.8 Å². The van der Waals surface area contributed by atoms with Gasteiger partial charge in [-0.05, 0) is 23.8 Å². The number of nitrogens with one attached hydrogen (secondary N) is 2. The Bertz CT molecular complexity index is 844. The highest BCUT2D eigenvalue weighted by Gasteiger charge is 2.39. The summed E-state index contributed by atoms with van der Waals surface area (Å²) in [6, 6.07) is 15.9. The maximum Gasteiger partial charge on any atom is 0.319 e. The lowest BCUT2D eigenvalue weighted by Crippen LogP contribution is -2.51. The van der Waals surface area contributed by atoms with Crippen LogP contribution in [0.4, 0.5) is 4.79 Å². The summed E-state index contributed by atoms with van der Waals surface area (Å²) in [6.45, 7) is 4.08. The number of rotatable bonds is 6. The fourth-order valence-electron chi connectivity index (χ4n) is 2.86. The van der Waals surface area contributed by atoms with Gasteiger partial charge in [0.2, 0.25) is 0 Å². The molecule has 3 rings (SSSR count). The van der Waals surface area contributed by atoms with Crippen LogP contribution in [0.2, 0.25) is 5.02 Å². The SMILES string of the molecule is C=C1NC(=O)N[C@@H](c2ccccc2Cl)[C@@H]1C(=O)OCCSc1ccccc1. The highest BCUT2D eigenvalue weighted by atomic mass is 35.5. The summed E-state index contributed by atoms with van der Waals surface area (Å²) in [5.74, 6) is -0.582. The molecule has 0 unspecified atom stereocenters. The Morgan fingerprint density at radius 2 is 1.85 bits per heavy atom. The Morgan fingerprint density at radius 1 is 1.15 bits per heavy atom. The van der Waals surface area contributed by atoms with Crippen LogP contribution in [-0.2, 0) is 9.53 Å². The molecule has 0 radical (unpaired) electrons. The lowest BCUT2D eigenvalue weighted by Gasteiger charge is -2.33. The third kappa shape index (κ3) is 4.84. The Labute approximate surface area is 167 Å². The Hall–Kier alpha value is -2.44. The zero-order valence-corrected chi connectivity index (χ0v) is 16.1. The minimum absolute atomic E-state index is 0.255. The van der Waals surface area contributed by atoms with Gasteiger partial charge in [0.15, 0.2) is 0 Å². The first-order valence-corrected chi connectivity index (χ1v) is 9.78. The molecule has 2 amide bonds. The second-order valence-corrected chi connectivity index (χ2v) is 7.51. The summed E-state index contributed by atoms with van der Waals surface area (Å²) in [6.07, 6.45) is 0. The minimum atomic E-state index is -0.760. The normalized spacial score (nSPS) is 19.1. The Morgan fingerprint density at radius 3 is 2.59 bits per heavy atom. The molecule has 0 aliphatic carbocycles. The number of esters is 1. The third-order valence-electron chi connectivity index (χ3n) is 4.10. The van der Waals surface area contributed by atoms with Crippen LogP contribution in [0.5, 0.6) is 0 Å². The van der Waals surface area contributed by atoms with Crippen molar-refractivity contribution in [3.8, 4) is 0 Å². The van der Waals surface area contributed by atoms with E-state index in [1.54, 1.807) is 36.0 Å². The maximum atomic E-state index is 12.7. The molecule has 2 aromatic carbocycles. The standard InChI is InChI=1S/C20H19ClN2O3S/c1-13-17(19(24)26-11-12-27-14-7-3-2-4-8-14)18(23-20(25)22-13)15-9-5-6-10-16(15)21/h2-10,17-18H,1,11-12H2,(H2,22,23,25)/t17-,18+/m1/s1. The number of amides is 2. The van der Waals surface area contributed by atoms with E-state index in [9.17, 15) is 9.59 Å². The number of ether oxygens (including phenoxy) is 1. The quantitative estimate of drug-likeness (QED) is 0.432. The van der Waals surface area contributed by atoms with Crippen LogP contribution in [-0.4, -0.2) is 24.4 Å². The van der Waals surface area contributed by atoms with Gasteiger partial charge >= 0.3 is 12.0 Å². The van der Waals surface area contributed by atoms with Crippen LogP contribution in [0, 0.1) is 5.92 Å². The van der Waals surface area contributed by atoms with Crippen molar-refractivity contribution in [2.45, 2.75) is 10.9 Å². The molecule has 0 bridgehead atoms. The largest absolute Gasteiger partial charge is 0.464 e. The molecule has 0 saturated carbocycles. The van der Waals surface area contributed by atoms with E-state index in [1.807, 2.05) is 30.3 Å². The average molecular weight is 403 g/mol. The third-order valence-corrected chi connectivity index (χ3v) is 5.42. The van der Waals surface area contributed by atoms with Crippen molar-refractivity contribution in [3.05, 3.63) is 77.5 Å². The van der Waals surface area contributed by atoms with E-state index in [4.69, 9.17) is 16.3 Å².